The highest BCUT2D eigenvalue weighted by atomic mass is 32.1. The molecule has 2 heteroatoms. The van der Waals surface area contributed by atoms with E-state index in [0.717, 1.165) is 0 Å². The van der Waals surface area contributed by atoms with Crippen LogP contribution in [0.2, 0.25) is 0 Å². The van der Waals surface area contributed by atoms with E-state index >= 15 is 0 Å². The van der Waals surface area contributed by atoms with Crippen LogP contribution < -0.4 is 0 Å². The van der Waals surface area contributed by atoms with Gasteiger partial charge in [-0.25, -0.2) is 4.98 Å². The standard InChI is InChI=1S/C9H13NS/c1-7-10-6-8(11-7)9(2)4-3-5-9/h6H,3-5H2,1-2H3. The van der Waals surface area contributed by atoms with Crippen molar-refractivity contribution in [2.24, 2.45) is 0 Å². The zero-order valence-electron chi connectivity index (χ0n) is 7.05. The predicted molar refractivity (Wildman–Crippen MR) is 48.1 cm³/mol. The molecular formula is C9H13NS. The maximum absolute atomic E-state index is 4.28. The molecule has 1 fully saturated rings. The molecule has 11 heavy (non-hydrogen) atoms. The highest BCUT2D eigenvalue weighted by Gasteiger charge is 2.34. The van der Waals surface area contributed by atoms with E-state index in [9.17, 15) is 0 Å². The first-order valence-electron chi connectivity index (χ1n) is 4.14. The van der Waals surface area contributed by atoms with Crippen LogP contribution in [0.5, 0.6) is 0 Å². The summed E-state index contributed by atoms with van der Waals surface area (Å²) in [6, 6.07) is 0. The fourth-order valence-electron chi connectivity index (χ4n) is 1.59. The third-order valence-electron chi connectivity index (χ3n) is 2.67. The fraction of sp³-hybridized carbons (Fsp3) is 0.667. The Balaban J connectivity index is 2.28. The highest BCUT2D eigenvalue weighted by Crippen LogP contribution is 2.44. The predicted octanol–water partition coefficient (Wildman–Crippen LogP) is 2.89. The van der Waals surface area contributed by atoms with Gasteiger partial charge in [0.2, 0.25) is 0 Å². The molecule has 1 aliphatic rings. The van der Waals surface area contributed by atoms with Gasteiger partial charge < -0.3 is 0 Å². The molecule has 1 aromatic heterocycles. The minimum Gasteiger partial charge on any atom is -0.250 e. The Morgan fingerprint density at radius 3 is 2.64 bits per heavy atom. The van der Waals surface area contributed by atoms with E-state index < -0.39 is 0 Å². The first kappa shape index (κ1) is 7.29. The van der Waals surface area contributed by atoms with Crippen molar-refractivity contribution < 1.29 is 0 Å². The van der Waals surface area contributed by atoms with Crippen molar-refractivity contribution in [2.75, 3.05) is 0 Å². The summed E-state index contributed by atoms with van der Waals surface area (Å²) in [5.74, 6) is 0. The van der Waals surface area contributed by atoms with Crippen LogP contribution in [0.1, 0.15) is 36.1 Å². The summed E-state index contributed by atoms with van der Waals surface area (Å²) in [7, 11) is 0. The second-order valence-electron chi connectivity index (χ2n) is 3.66. The van der Waals surface area contributed by atoms with Gasteiger partial charge in [-0.3, -0.25) is 0 Å². The number of aryl methyl sites for hydroxylation is 1. The lowest BCUT2D eigenvalue weighted by Gasteiger charge is -2.37. The Bertz CT molecular complexity index is 260. The van der Waals surface area contributed by atoms with Crippen molar-refractivity contribution >= 4 is 11.3 Å². The number of thiazole rings is 1. The molecule has 0 aromatic carbocycles. The largest absolute Gasteiger partial charge is 0.250 e. The van der Waals surface area contributed by atoms with Gasteiger partial charge in [0.15, 0.2) is 0 Å². The Morgan fingerprint density at radius 2 is 2.27 bits per heavy atom. The molecule has 1 aliphatic carbocycles. The zero-order chi connectivity index (χ0) is 7.90. The van der Waals surface area contributed by atoms with Crippen molar-refractivity contribution in [2.45, 2.75) is 38.5 Å². The Labute approximate surface area is 71.5 Å². The molecule has 2 rings (SSSR count). The van der Waals surface area contributed by atoms with E-state index in [4.69, 9.17) is 0 Å². The third kappa shape index (κ3) is 1.09. The molecule has 0 amide bonds. The molecule has 1 heterocycles. The van der Waals surface area contributed by atoms with Gasteiger partial charge in [0.1, 0.15) is 0 Å². The second kappa shape index (κ2) is 2.31. The average molecular weight is 167 g/mol. The molecule has 0 saturated heterocycles. The van der Waals surface area contributed by atoms with Gasteiger partial charge in [-0.05, 0) is 19.8 Å². The molecule has 0 atom stereocenters. The van der Waals surface area contributed by atoms with E-state index in [0.29, 0.717) is 5.41 Å². The Kier molecular flexibility index (Phi) is 1.53. The monoisotopic (exact) mass is 167 g/mol. The molecule has 60 valence electrons. The molecule has 0 spiro atoms. The Morgan fingerprint density at radius 1 is 1.55 bits per heavy atom. The summed E-state index contributed by atoms with van der Waals surface area (Å²) in [6.07, 6.45) is 6.16. The molecule has 0 bridgehead atoms. The van der Waals surface area contributed by atoms with Crippen LogP contribution >= 0.6 is 11.3 Å². The van der Waals surface area contributed by atoms with Crippen molar-refractivity contribution in [3.63, 3.8) is 0 Å². The topological polar surface area (TPSA) is 12.9 Å². The van der Waals surface area contributed by atoms with Gasteiger partial charge in [-0.15, -0.1) is 11.3 Å². The lowest BCUT2D eigenvalue weighted by Crippen LogP contribution is -2.29. The third-order valence-corrected chi connectivity index (χ3v) is 3.89. The molecule has 0 aliphatic heterocycles. The molecule has 1 aromatic rings. The van der Waals surface area contributed by atoms with Gasteiger partial charge in [-0.1, -0.05) is 13.3 Å². The molecule has 1 saturated carbocycles. The highest BCUT2D eigenvalue weighted by molar-refractivity contribution is 7.11. The number of hydrogen-bond donors (Lipinski definition) is 0. The molecular weight excluding hydrogens is 154 g/mol. The van der Waals surface area contributed by atoms with Crippen LogP contribution in [-0.2, 0) is 5.41 Å². The summed E-state index contributed by atoms with van der Waals surface area (Å²) in [6.45, 7) is 4.43. The van der Waals surface area contributed by atoms with Gasteiger partial charge >= 0.3 is 0 Å². The van der Waals surface area contributed by atoms with Crippen LogP contribution in [0.15, 0.2) is 6.20 Å². The summed E-state index contributed by atoms with van der Waals surface area (Å²) in [4.78, 5) is 5.77. The first-order chi connectivity index (χ1) is 5.21. The van der Waals surface area contributed by atoms with Crippen LogP contribution in [0.25, 0.3) is 0 Å². The van der Waals surface area contributed by atoms with Crippen LogP contribution in [0.3, 0.4) is 0 Å². The summed E-state index contributed by atoms with van der Waals surface area (Å²) in [5.41, 5.74) is 0.492. The number of rotatable bonds is 1. The minimum atomic E-state index is 0.492. The van der Waals surface area contributed by atoms with E-state index in [1.54, 1.807) is 0 Å². The van der Waals surface area contributed by atoms with Crippen molar-refractivity contribution in [1.82, 2.24) is 4.98 Å². The van der Waals surface area contributed by atoms with Crippen LogP contribution in [-0.4, -0.2) is 4.98 Å². The van der Waals surface area contributed by atoms with E-state index in [2.05, 4.69) is 25.0 Å². The van der Waals surface area contributed by atoms with Crippen molar-refractivity contribution in [3.8, 4) is 0 Å². The van der Waals surface area contributed by atoms with Crippen molar-refractivity contribution in [1.29, 1.82) is 0 Å². The summed E-state index contributed by atoms with van der Waals surface area (Å²) < 4.78 is 0. The van der Waals surface area contributed by atoms with Gasteiger partial charge in [0.05, 0.1) is 5.01 Å². The molecule has 0 radical (unpaired) electrons. The summed E-state index contributed by atoms with van der Waals surface area (Å²) >= 11 is 1.86. The van der Waals surface area contributed by atoms with Crippen molar-refractivity contribution in [3.05, 3.63) is 16.1 Å². The zero-order valence-corrected chi connectivity index (χ0v) is 7.87. The number of hydrogen-bond acceptors (Lipinski definition) is 2. The summed E-state index contributed by atoms with van der Waals surface area (Å²) in [5, 5.41) is 1.20. The Hall–Kier alpha value is -0.370. The maximum Gasteiger partial charge on any atom is 0.0896 e. The quantitative estimate of drug-likeness (QED) is 0.626. The fourth-order valence-corrected chi connectivity index (χ4v) is 2.57. The maximum atomic E-state index is 4.28. The number of nitrogens with zero attached hydrogens (tertiary/aromatic N) is 1. The smallest absolute Gasteiger partial charge is 0.0896 e. The molecule has 0 unspecified atom stereocenters. The van der Waals surface area contributed by atoms with Gasteiger partial charge in [0.25, 0.3) is 0 Å². The van der Waals surface area contributed by atoms with E-state index in [1.807, 2.05) is 11.3 Å². The van der Waals surface area contributed by atoms with Gasteiger partial charge in [-0.2, -0.15) is 0 Å². The first-order valence-corrected chi connectivity index (χ1v) is 4.95. The normalized spacial score (nSPS) is 21.3. The lowest BCUT2D eigenvalue weighted by atomic mass is 9.70. The van der Waals surface area contributed by atoms with Crippen LogP contribution in [0, 0.1) is 6.92 Å². The van der Waals surface area contributed by atoms with Gasteiger partial charge in [0, 0.05) is 16.5 Å². The number of aromatic nitrogens is 1. The van der Waals surface area contributed by atoms with Crippen LogP contribution in [0.4, 0.5) is 0 Å². The second-order valence-corrected chi connectivity index (χ2v) is 4.89. The van der Waals surface area contributed by atoms with E-state index in [-0.39, 0.29) is 0 Å². The molecule has 1 nitrogen and oxygen atoms in total. The SMILES string of the molecule is Cc1ncc(C2(C)CCC2)s1. The lowest BCUT2D eigenvalue weighted by molar-refractivity contribution is 0.277. The minimum absolute atomic E-state index is 0.492. The average Bonchev–Trinajstić information content (AvgIpc) is 2.31. The molecule has 0 N–H and O–H groups in total. The van der Waals surface area contributed by atoms with E-state index in [1.165, 1.54) is 29.1 Å².